The summed E-state index contributed by atoms with van der Waals surface area (Å²) in [5.41, 5.74) is 2.29. The van der Waals surface area contributed by atoms with Crippen LogP contribution >= 0.6 is 0 Å². The molecule has 1 atom stereocenters. The highest BCUT2D eigenvalue weighted by Gasteiger charge is 2.30. The third-order valence-electron chi connectivity index (χ3n) is 4.15. The number of aromatic nitrogens is 1. The van der Waals surface area contributed by atoms with Crippen LogP contribution in [0.2, 0.25) is 0 Å². The molecule has 1 unspecified atom stereocenters. The molecule has 2 heterocycles. The molecule has 1 aromatic heterocycles. The Balaban J connectivity index is 1.67. The molecule has 1 aromatic carbocycles. The van der Waals surface area contributed by atoms with Gasteiger partial charge in [0, 0.05) is 30.9 Å². The molecule has 142 valence electrons. The zero-order valence-electron chi connectivity index (χ0n) is 15.4. The predicted octanol–water partition coefficient (Wildman–Crippen LogP) is 1.92. The Morgan fingerprint density at radius 1 is 1.22 bits per heavy atom. The summed E-state index contributed by atoms with van der Waals surface area (Å²) < 4.78 is 16.0. The van der Waals surface area contributed by atoms with Crippen molar-refractivity contribution < 1.29 is 23.8 Å². The number of carbonyl (C=O) groups is 1. The second kappa shape index (κ2) is 8.39. The van der Waals surface area contributed by atoms with Crippen molar-refractivity contribution in [2.24, 2.45) is 5.16 Å². The minimum Gasteiger partial charge on any atom is -0.493 e. The Kier molecular flexibility index (Phi) is 5.75. The number of amides is 1. The predicted molar refractivity (Wildman–Crippen MR) is 98.2 cm³/mol. The third kappa shape index (κ3) is 4.11. The van der Waals surface area contributed by atoms with E-state index in [1.165, 1.54) is 0 Å². The standard InChI is InChI=1S/C19H21N3O5/c1-24-15-7-13(8-16(25-2)18(15)26-3)14-9-17(27-22-14)19(23)21-11-12-5-4-6-20-10-12/h4-8,10,17H,9,11H2,1-3H3,(H,21,23). The van der Waals surface area contributed by atoms with E-state index in [2.05, 4.69) is 15.5 Å². The van der Waals surface area contributed by atoms with Crippen LogP contribution in [0.4, 0.5) is 0 Å². The van der Waals surface area contributed by atoms with E-state index in [0.29, 0.717) is 35.9 Å². The van der Waals surface area contributed by atoms with E-state index in [1.54, 1.807) is 45.9 Å². The smallest absolute Gasteiger partial charge is 0.264 e. The number of pyridine rings is 1. The molecule has 1 aliphatic heterocycles. The zero-order valence-corrected chi connectivity index (χ0v) is 15.4. The van der Waals surface area contributed by atoms with E-state index in [-0.39, 0.29) is 5.91 Å². The maximum atomic E-state index is 12.3. The normalized spacial score (nSPS) is 15.5. The SMILES string of the molecule is COc1cc(C2=NOC(C(=O)NCc3cccnc3)C2)cc(OC)c1OC. The van der Waals surface area contributed by atoms with Gasteiger partial charge in [-0.05, 0) is 23.8 Å². The van der Waals surface area contributed by atoms with Crippen molar-refractivity contribution in [2.45, 2.75) is 19.1 Å². The quantitative estimate of drug-likeness (QED) is 0.800. The van der Waals surface area contributed by atoms with Gasteiger partial charge in [0.2, 0.25) is 11.9 Å². The first-order chi connectivity index (χ1) is 13.2. The van der Waals surface area contributed by atoms with Gasteiger partial charge in [0.1, 0.15) is 0 Å². The molecule has 2 aromatic rings. The number of carbonyl (C=O) groups excluding carboxylic acids is 1. The van der Waals surface area contributed by atoms with Gasteiger partial charge in [-0.2, -0.15) is 0 Å². The highest BCUT2D eigenvalue weighted by Crippen LogP contribution is 2.39. The van der Waals surface area contributed by atoms with Gasteiger partial charge >= 0.3 is 0 Å². The molecule has 3 rings (SSSR count). The molecule has 0 bridgehead atoms. The Bertz CT molecular complexity index is 813. The Hall–Kier alpha value is -3.29. The number of benzene rings is 1. The summed E-state index contributed by atoms with van der Waals surface area (Å²) in [4.78, 5) is 21.7. The molecule has 0 spiro atoms. The topological polar surface area (TPSA) is 91.3 Å². The van der Waals surface area contributed by atoms with Crippen molar-refractivity contribution in [3.63, 3.8) is 0 Å². The number of nitrogens with one attached hydrogen (secondary N) is 1. The third-order valence-corrected chi connectivity index (χ3v) is 4.15. The van der Waals surface area contributed by atoms with Crippen LogP contribution in [0.1, 0.15) is 17.5 Å². The van der Waals surface area contributed by atoms with Crippen molar-refractivity contribution in [3.05, 3.63) is 47.8 Å². The molecule has 8 heteroatoms. The summed E-state index contributed by atoms with van der Waals surface area (Å²) in [6.07, 6.45) is 3.05. The zero-order chi connectivity index (χ0) is 19.2. The molecule has 1 aliphatic rings. The number of nitrogens with zero attached hydrogens (tertiary/aromatic N) is 2. The van der Waals surface area contributed by atoms with Gasteiger partial charge in [0.05, 0.1) is 27.0 Å². The Labute approximate surface area is 157 Å². The van der Waals surface area contributed by atoms with Crippen LogP contribution in [0.15, 0.2) is 41.8 Å². The van der Waals surface area contributed by atoms with Crippen molar-refractivity contribution in [1.82, 2.24) is 10.3 Å². The van der Waals surface area contributed by atoms with Crippen LogP contribution in [0.25, 0.3) is 0 Å². The second-order valence-electron chi connectivity index (χ2n) is 5.83. The van der Waals surface area contributed by atoms with E-state index in [4.69, 9.17) is 19.0 Å². The summed E-state index contributed by atoms with van der Waals surface area (Å²) in [6, 6.07) is 7.26. The first-order valence-corrected chi connectivity index (χ1v) is 8.36. The molecular weight excluding hydrogens is 350 g/mol. The van der Waals surface area contributed by atoms with Gasteiger partial charge < -0.3 is 24.4 Å². The summed E-state index contributed by atoms with van der Waals surface area (Å²) in [5.74, 6) is 1.29. The molecule has 0 radical (unpaired) electrons. The second-order valence-corrected chi connectivity index (χ2v) is 5.83. The molecule has 0 fully saturated rings. The first kappa shape index (κ1) is 18.5. The van der Waals surface area contributed by atoms with E-state index in [9.17, 15) is 4.79 Å². The summed E-state index contributed by atoms with van der Waals surface area (Å²) in [7, 11) is 4.63. The minimum atomic E-state index is -0.684. The van der Waals surface area contributed by atoms with Crippen LogP contribution < -0.4 is 19.5 Å². The van der Waals surface area contributed by atoms with Gasteiger partial charge in [0.15, 0.2) is 11.5 Å². The first-order valence-electron chi connectivity index (χ1n) is 8.36. The summed E-state index contributed by atoms with van der Waals surface area (Å²) in [5, 5.41) is 6.89. The molecule has 1 amide bonds. The van der Waals surface area contributed by atoms with E-state index in [1.807, 2.05) is 12.1 Å². The highest BCUT2D eigenvalue weighted by atomic mass is 16.6. The van der Waals surface area contributed by atoms with Gasteiger partial charge in [0.25, 0.3) is 5.91 Å². The van der Waals surface area contributed by atoms with Gasteiger partial charge in [-0.3, -0.25) is 9.78 Å². The fourth-order valence-electron chi connectivity index (χ4n) is 2.74. The monoisotopic (exact) mass is 371 g/mol. The minimum absolute atomic E-state index is 0.231. The Morgan fingerprint density at radius 3 is 2.56 bits per heavy atom. The molecule has 0 saturated carbocycles. The molecule has 1 N–H and O–H groups in total. The van der Waals surface area contributed by atoms with Crippen LogP contribution in [0.3, 0.4) is 0 Å². The van der Waals surface area contributed by atoms with Crippen molar-refractivity contribution >= 4 is 11.6 Å². The van der Waals surface area contributed by atoms with E-state index in [0.717, 1.165) is 11.1 Å². The molecule has 0 aliphatic carbocycles. The molecule has 8 nitrogen and oxygen atoms in total. The number of rotatable bonds is 7. The van der Waals surface area contributed by atoms with Crippen molar-refractivity contribution in [1.29, 1.82) is 0 Å². The highest BCUT2D eigenvalue weighted by molar-refractivity contribution is 6.04. The fourth-order valence-corrected chi connectivity index (χ4v) is 2.74. The maximum absolute atomic E-state index is 12.3. The Morgan fingerprint density at radius 2 is 1.96 bits per heavy atom. The molecule has 27 heavy (non-hydrogen) atoms. The largest absolute Gasteiger partial charge is 0.493 e. The lowest BCUT2D eigenvalue weighted by atomic mass is 10.0. The number of ether oxygens (including phenoxy) is 3. The summed E-state index contributed by atoms with van der Waals surface area (Å²) >= 11 is 0. The molecular formula is C19H21N3O5. The number of oxime groups is 1. The van der Waals surface area contributed by atoms with Gasteiger partial charge in [-0.25, -0.2) is 0 Å². The van der Waals surface area contributed by atoms with Crippen LogP contribution in [0.5, 0.6) is 17.2 Å². The maximum Gasteiger partial charge on any atom is 0.264 e. The van der Waals surface area contributed by atoms with Gasteiger partial charge in [-0.1, -0.05) is 11.2 Å². The lowest BCUT2D eigenvalue weighted by molar-refractivity contribution is -0.131. The summed E-state index contributed by atoms with van der Waals surface area (Å²) in [6.45, 7) is 0.381. The van der Waals surface area contributed by atoms with Gasteiger partial charge in [-0.15, -0.1) is 0 Å². The average Bonchev–Trinajstić information content (AvgIpc) is 3.22. The van der Waals surface area contributed by atoms with Crippen LogP contribution in [0, 0.1) is 0 Å². The fraction of sp³-hybridized carbons (Fsp3) is 0.316. The number of methoxy groups -OCH3 is 3. The number of hydrogen-bond donors (Lipinski definition) is 1. The number of hydrogen-bond acceptors (Lipinski definition) is 7. The van der Waals surface area contributed by atoms with Crippen molar-refractivity contribution in [2.75, 3.05) is 21.3 Å². The molecule has 0 saturated heterocycles. The lowest BCUT2D eigenvalue weighted by Crippen LogP contribution is -2.34. The lowest BCUT2D eigenvalue weighted by Gasteiger charge is -2.13. The van der Waals surface area contributed by atoms with E-state index < -0.39 is 6.10 Å². The average molecular weight is 371 g/mol. The van der Waals surface area contributed by atoms with Crippen LogP contribution in [-0.2, 0) is 16.2 Å². The van der Waals surface area contributed by atoms with E-state index >= 15 is 0 Å². The van der Waals surface area contributed by atoms with Crippen LogP contribution in [-0.4, -0.2) is 44.0 Å². The van der Waals surface area contributed by atoms with Crippen molar-refractivity contribution in [3.8, 4) is 17.2 Å².